The van der Waals surface area contributed by atoms with Crippen molar-refractivity contribution in [1.82, 2.24) is 14.8 Å². The van der Waals surface area contributed by atoms with Gasteiger partial charge in [0.05, 0.1) is 29.5 Å². The van der Waals surface area contributed by atoms with Crippen LogP contribution in [0.5, 0.6) is 0 Å². The molecule has 3 fully saturated rings. The van der Waals surface area contributed by atoms with E-state index < -0.39 is 0 Å². The van der Waals surface area contributed by atoms with Gasteiger partial charge in [-0.25, -0.2) is 4.98 Å². The minimum absolute atomic E-state index is 0.166. The highest BCUT2D eigenvalue weighted by atomic mass is 32.1. The van der Waals surface area contributed by atoms with Gasteiger partial charge in [-0.2, -0.15) is 0 Å². The number of carbonyl (C=O) groups is 1. The SMILES string of the molecule is Cc1nc(CN2CCCC3(C2)CN(C(=O)C2CCC2)CCO3)cs1. The lowest BCUT2D eigenvalue weighted by Crippen LogP contribution is -2.61. The van der Waals surface area contributed by atoms with Crippen LogP contribution in [0.15, 0.2) is 5.38 Å². The molecular weight excluding hydrogens is 322 g/mol. The summed E-state index contributed by atoms with van der Waals surface area (Å²) in [4.78, 5) is 21.8. The van der Waals surface area contributed by atoms with Crippen molar-refractivity contribution < 1.29 is 9.53 Å². The van der Waals surface area contributed by atoms with Crippen molar-refractivity contribution >= 4 is 17.2 Å². The summed E-state index contributed by atoms with van der Waals surface area (Å²) in [6.45, 7) is 7.18. The summed E-state index contributed by atoms with van der Waals surface area (Å²) in [6, 6.07) is 0. The number of thiazole rings is 1. The first-order chi connectivity index (χ1) is 11.6. The molecule has 1 spiro atoms. The number of amides is 1. The van der Waals surface area contributed by atoms with E-state index in [1.165, 1.54) is 6.42 Å². The van der Waals surface area contributed by atoms with E-state index in [1.807, 2.05) is 0 Å². The van der Waals surface area contributed by atoms with E-state index in [-0.39, 0.29) is 11.5 Å². The van der Waals surface area contributed by atoms with Crippen LogP contribution in [0.4, 0.5) is 0 Å². The van der Waals surface area contributed by atoms with Crippen molar-refractivity contribution in [3.8, 4) is 0 Å². The molecule has 5 nitrogen and oxygen atoms in total. The van der Waals surface area contributed by atoms with Gasteiger partial charge in [-0.05, 0) is 39.2 Å². The zero-order chi connectivity index (χ0) is 16.6. The van der Waals surface area contributed by atoms with Gasteiger partial charge in [-0.3, -0.25) is 9.69 Å². The van der Waals surface area contributed by atoms with E-state index >= 15 is 0 Å². The van der Waals surface area contributed by atoms with Crippen LogP contribution in [0.2, 0.25) is 0 Å². The fraction of sp³-hybridized carbons (Fsp3) is 0.778. The molecule has 0 bridgehead atoms. The van der Waals surface area contributed by atoms with Crippen LogP contribution >= 0.6 is 11.3 Å². The minimum atomic E-state index is -0.166. The molecule has 1 saturated carbocycles. The van der Waals surface area contributed by atoms with Crippen molar-refractivity contribution in [1.29, 1.82) is 0 Å². The highest BCUT2D eigenvalue weighted by Crippen LogP contribution is 2.33. The Labute approximate surface area is 148 Å². The van der Waals surface area contributed by atoms with Gasteiger partial charge < -0.3 is 9.64 Å². The second-order valence-corrected chi connectivity index (χ2v) is 8.65. The van der Waals surface area contributed by atoms with Gasteiger partial charge in [0.1, 0.15) is 0 Å². The van der Waals surface area contributed by atoms with Gasteiger partial charge in [0.25, 0.3) is 0 Å². The number of carbonyl (C=O) groups excluding carboxylic acids is 1. The first kappa shape index (κ1) is 16.5. The Morgan fingerprint density at radius 3 is 2.96 bits per heavy atom. The van der Waals surface area contributed by atoms with Crippen LogP contribution in [0.25, 0.3) is 0 Å². The molecule has 132 valence electrons. The predicted octanol–water partition coefficient (Wildman–Crippen LogP) is 2.45. The molecule has 1 aromatic rings. The molecule has 1 amide bonds. The highest BCUT2D eigenvalue weighted by Gasteiger charge is 2.43. The molecule has 4 rings (SSSR count). The Morgan fingerprint density at radius 1 is 1.38 bits per heavy atom. The first-order valence-electron chi connectivity index (χ1n) is 9.20. The Kier molecular flexibility index (Phi) is 4.62. The third kappa shape index (κ3) is 3.37. The summed E-state index contributed by atoms with van der Waals surface area (Å²) in [5.74, 6) is 0.661. The van der Waals surface area contributed by atoms with Crippen LogP contribution in [-0.4, -0.2) is 59.1 Å². The van der Waals surface area contributed by atoms with E-state index in [1.54, 1.807) is 11.3 Å². The Morgan fingerprint density at radius 2 is 2.25 bits per heavy atom. The van der Waals surface area contributed by atoms with Gasteiger partial charge in [0, 0.05) is 30.9 Å². The van der Waals surface area contributed by atoms with Gasteiger partial charge >= 0.3 is 0 Å². The second kappa shape index (κ2) is 6.73. The predicted molar refractivity (Wildman–Crippen MR) is 94.0 cm³/mol. The normalized spacial score (nSPS) is 29.0. The number of rotatable bonds is 3. The third-order valence-electron chi connectivity index (χ3n) is 5.69. The number of aromatic nitrogens is 1. The Hall–Kier alpha value is -0.980. The number of ether oxygens (including phenoxy) is 1. The lowest BCUT2D eigenvalue weighted by atomic mass is 9.83. The molecule has 1 unspecified atom stereocenters. The lowest BCUT2D eigenvalue weighted by molar-refractivity contribution is -0.166. The quantitative estimate of drug-likeness (QED) is 0.841. The fourth-order valence-corrected chi connectivity index (χ4v) is 4.83. The Bertz CT molecular complexity index is 597. The maximum atomic E-state index is 12.6. The smallest absolute Gasteiger partial charge is 0.225 e. The molecule has 6 heteroatoms. The van der Waals surface area contributed by atoms with Crippen molar-refractivity contribution in [3.63, 3.8) is 0 Å². The van der Waals surface area contributed by atoms with E-state index in [2.05, 4.69) is 27.1 Å². The topological polar surface area (TPSA) is 45.7 Å². The Balaban J connectivity index is 1.40. The number of hydrogen-bond donors (Lipinski definition) is 0. The van der Waals surface area contributed by atoms with E-state index in [0.717, 1.165) is 69.1 Å². The molecule has 1 atom stereocenters. The van der Waals surface area contributed by atoms with Crippen LogP contribution < -0.4 is 0 Å². The minimum Gasteiger partial charge on any atom is -0.370 e. The van der Waals surface area contributed by atoms with Crippen LogP contribution in [0, 0.1) is 12.8 Å². The van der Waals surface area contributed by atoms with Gasteiger partial charge in [0.15, 0.2) is 0 Å². The first-order valence-corrected chi connectivity index (χ1v) is 10.1. The van der Waals surface area contributed by atoms with Crippen LogP contribution in [-0.2, 0) is 16.1 Å². The standard InChI is InChI=1S/C18H27N3O2S/c1-14-19-16(11-24-14)10-20-7-3-6-18(12-20)13-21(8-9-23-18)17(22)15-4-2-5-15/h11,15H,2-10,12-13H2,1H3. The summed E-state index contributed by atoms with van der Waals surface area (Å²) in [7, 11) is 0. The average Bonchev–Trinajstić information content (AvgIpc) is 2.91. The van der Waals surface area contributed by atoms with Crippen molar-refractivity contribution in [3.05, 3.63) is 16.1 Å². The number of aryl methyl sites for hydroxylation is 1. The molecule has 24 heavy (non-hydrogen) atoms. The van der Waals surface area contributed by atoms with Crippen molar-refractivity contribution in [2.24, 2.45) is 5.92 Å². The summed E-state index contributed by atoms with van der Waals surface area (Å²) >= 11 is 1.71. The average molecular weight is 350 g/mol. The van der Waals surface area contributed by atoms with E-state index in [4.69, 9.17) is 4.74 Å². The zero-order valence-corrected chi connectivity index (χ0v) is 15.3. The lowest BCUT2D eigenvalue weighted by Gasteiger charge is -2.49. The fourth-order valence-electron chi connectivity index (χ4n) is 4.23. The summed E-state index contributed by atoms with van der Waals surface area (Å²) in [5.41, 5.74) is 0.994. The molecule has 1 aromatic heterocycles. The third-order valence-corrected chi connectivity index (χ3v) is 6.51. The molecule has 0 aromatic carbocycles. The van der Waals surface area contributed by atoms with Crippen molar-refractivity contribution in [2.75, 3.05) is 32.8 Å². The molecule has 2 saturated heterocycles. The number of likely N-dealkylation sites (tertiary alicyclic amines) is 1. The molecule has 3 aliphatic rings. The summed E-state index contributed by atoms with van der Waals surface area (Å²) in [5, 5.41) is 3.29. The zero-order valence-electron chi connectivity index (χ0n) is 14.5. The van der Waals surface area contributed by atoms with Gasteiger partial charge in [-0.1, -0.05) is 6.42 Å². The molecular formula is C18H27N3O2S. The monoisotopic (exact) mass is 349 g/mol. The van der Waals surface area contributed by atoms with E-state index in [0.29, 0.717) is 12.5 Å². The van der Waals surface area contributed by atoms with Gasteiger partial charge in [-0.15, -0.1) is 11.3 Å². The van der Waals surface area contributed by atoms with Crippen LogP contribution in [0.1, 0.15) is 42.8 Å². The number of hydrogen-bond acceptors (Lipinski definition) is 5. The maximum Gasteiger partial charge on any atom is 0.225 e. The molecule has 0 radical (unpaired) electrons. The van der Waals surface area contributed by atoms with Crippen LogP contribution in [0.3, 0.4) is 0 Å². The largest absolute Gasteiger partial charge is 0.370 e. The molecule has 2 aliphatic heterocycles. The maximum absolute atomic E-state index is 12.6. The second-order valence-electron chi connectivity index (χ2n) is 7.59. The summed E-state index contributed by atoms with van der Waals surface area (Å²) < 4.78 is 6.24. The van der Waals surface area contributed by atoms with E-state index in [9.17, 15) is 4.79 Å². The van der Waals surface area contributed by atoms with Gasteiger partial charge in [0.2, 0.25) is 5.91 Å². The highest BCUT2D eigenvalue weighted by molar-refractivity contribution is 7.09. The molecule has 0 N–H and O–H groups in total. The van der Waals surface area contributed by atoms with Crippen molar-refractivity contribution in [2.45, 2.75) is 51.2 Å². The number of morpholine rings is 1. The molecule has 1 aliphatic carbocycles. The molecule has 3 heterocycles. The number of piperidine rings is 1. The summed E-state index contributed by atoms with van der Waals surface area (Å²) in [6.07, 6.45) is 5.58. The number of nitrogens with zero attached hydrogens (tertiary/aromatic N) is 3.